The zero-order valence-electron chi connectivity index (χ0n) is 16.9. The average molecular weight is 347 g/mol. The summed E-state index contributed by atoms with van der Waals surface area (Å²) < 4.78 is 0. The summed E-state index contributed by atoms with van der Waals surface area (Å²) in [5.74, 6) is 9.81. The summed E-state index contributed by atoms with van der Waals surface area (Å²) in [4.78, 5) is 0. The lowest BCUT2D eigenvalue weighted by Crippen LogP contribution is -2.19. The molecule has 1 unspecified atom stereocenters. The summed E-state index contributed by atoms with van der Waals surface area (Å²) in [5.41, 5.74) is 0. The second-order valence-electron chi connectivity index (χ2n) is 8.93. The molecular formula is C24H42O. The highest BCUT2D eigenvalue weighted by atomic mass is 16.3. The fourth-order valence-corrected chi connectivity index (χ4v) is 5.03. The molecule has 2 fully saturated rings. The first kappa shape index (κ1) is 20.8. The minimum Gasteiger partial charge on any atom is -0.380 e. The Morgan fingerprint density at radius 3 is 2.00 bits per heavy atom. The summed E-state index contributed by atoms with van der Waals surface area (Å²) >= 11 is 0. The summed E-state index contributed by atoms with van der Waals surface area (Å²) in [6.07, 6.45) is 19.5. The molecular weight excluding hydrogens is 304 g/mol. The maximum atomic E-state index is 10.3. The monoisotopic (exact) mass is 346 g/mol. The molecule has 25 heavy (non-hydrogen) atoms. The number of rotatable bonds is 8. The smallest absolute Gasteiger partial charge is 0.115 e. The van der Waals surface area contributed by atoms with Crippen LogP contribution in [0.25, 0.3) is 0 Å². The average Bonchev–Trinajstić information content (AvgIpc) is 2.63. The fourth-order valence-electron chi connectivity index (χ4n) is 5.03. The first-order valence-electron chi connectivity index (χ1n) is 11.4. The molecule has 0 bridgehead atoms. The summed E-state index contributed by atoms with van der Waals surface area (Å²) in [6.45, 7) is 4.58. The van der Waals surface area contributed by atoms with Gasteiger partial charge in [0, 0.05) is 5.92 Å². The Hall–Kier alpha value is -0.480. The van der Waals surface area contributed by atoms with Gasteiger partial charge in [0.05, 0.1) is 0 Å². The van der Waals surface area contributed by atoms with E-state index in [2.05, 4.69) is 25.7 Å². The molecule has 0 saturated heterocycles. The van der Waals surface area contributed by atoms with Crippen molar-refractivity contribution < 1.29 is 5.11 Å². The van der Waals surface area contributed by atoms with E-state index in [9.17, 15) is 5.11 Å². The molecule has 2 rings (SSSR count). The van der Waals surface area contributed by atoms with Gasteiger partial charge in [0.25, 0.3) is 0 Å². The fraction of sp³-hybridized carbons (Fsp3) is 0.917. The molecule has 144 valence electrons. The predicted octanol–water partition coefficient (Wildman–Crippen LogP) is 6.73. The molecule has 0 spiro atoms. The van der Waals surface area contributed by atoms with Crippen molar-refractivity contribution >= 4 is 0 Å². The van der Waals surface area contributed by atoms with E-state index in [-0.39, 0.29) is 6.10 Å². The Labute approximate surface area is 157 Å². The van der Waals surface area contributed by atoms with Crippen LogP contribution in [0.1, 0.15) is 110 Å². The molecule has 0 heterocycles. The molecule has 2 aliphatic rings. The van der Waals surface area contributed by atoms with Gasteiger partial charge in [0.2, 0.25) is 0 Å². The molecule has 2 saturated carbocycles. The highest BCUT2D eigenvalue weighted by Gasteiger charge is 2.23. The van der Waals surface area contributed by atoms with Crippen LogP contribution in [0.3, 0.4) is 0 Å². The van der Waals surface area contributed by atoms with E-state index >= 15 is 0 Å². The zero-order valence-corrected chi connectivity index (χ0v) is 16.9. The Morgan fingerprint density at radius 2 is 1.36 bits per heavy atom. The van der Waals surface area contributed by atoms with Crippen LogP contribution in [0.15, 0.2) is 0 Å². The molecule has 1 nitrogen and oxygen atoms in total. The second kappa shape index (κ2) is 12.0. The third-order valence-corrected chi connectivity index (χ3v) is 6.74. The van der Waals surface area contributed by atoms with Crippen molar-refractivity contribution in [3.63, 3.8) is 0 Å². The number of hydrogen-bond acceptors (Lipinski definition) is 1. The Morgan fingerprint density at radius 1 is 0.760 bits per heavy atom. The van der Waals surface area contributed by atoms with Gasteiger partial charge < -0.3 is 5.11 Å². The van der Waals surface area contributed by atoms with Crippen LogP contribution in [0.5, 0.6) is 0 Å². The molecule has 1 atom stereocenters. The second-order valence-corrected chi connectivity index (χ2v) is 8.93. The standard InChI is InChI=1S/C24H42O/c1-3-5-6-8-21-9-11-22(12-10-21)17-18-24(25)19-23-15-13-20(7-4-2)14-16-23/h20-25H,3-16,19H2,1-2H3. The topological polar surface area (TPSA) is 20.2 Å². The largest absolute Gasteiger partial charge is 0.380 e. The van der Waals surface area contributed by atoms with Crippen LogP contribution < -0.4 is 0 Å². The van der Waals surface area contributed by atoms with E-state index in [1.807, 2.05) is 0 Å². The lowest BCUT2D eigenvalue weighted by molar-refractivity contribution is 0.162. The van der Waals surface area contributed by atoms with Crippen molar-refractivity contribution in [3.8, 4) is 11.8 Å². The minimum absolute atomic E-state index is 0.380. The molecule has 2 aliphatic carbocycles. The maximum Gasteiger partial charge on any atom is 0.115 e. The van der Waals surface area contributed by atoms with E-state index in [0.717, 1.165) is 18.3 Å². The van der Waals surface area contributed by atoms with E-state index in [1.165, 1.54) is 89.9 Å². The summed E-state index contributed by atoms with van der Waals surface area (Å²) in [7, 11) is 0. The Bertz CT molecular complexity index is 388. The van der Waals surface area contributed by atoms with Gasteiger partial charge in [-0.15, -0.1) is 0 Å². The van der Waals surface area contributed by atoms with Gasteiger partial charge in [-0.1, -0.05) is 89.9 Å². The lowest BCUT2D eigenvalue weighted by atomic mass is 9.78. The first-order chi connectivity index (χ1) is 12.2. The first-order valence-corrected chi connectivity index (χ1v) is 11.4. The van der Waals surface area contributed by atoms with E-state index < -0.39 is 0 Å². The minimum atomic E-state index is -0.380. The van der Waals surface area contributed by atoms with Crippen LogP contribution in [0.2, 0.25) is 0 Å². The van der Waals surface area contributed by atoms with Crippen molar-refractivity contribution in [1.29, 1.82) is 0 Å². The molecule has 0 radical (unpaired) electrons. The molecule has 1 N–H and O–H groups in total. The van der Waals surface area contributed by atoms with Gasteiger partial charge in [-0.25, -0.2) is 0 Å². The zero-order chi connectivity index (χ0) is 17.9. The van der Waals surface area contributed by atoms with Gasteiger partial charge in [-0.3, -0.25) is 0 Å². The number of unbranched alkanes of at least 4 members (excludes halogenated alkanes) is 2. The number of hydrogen-bond donors (Lipinski definition) is 1. The van der Waals surface area contributed by atoms with Crippen molar-refractivity contribution in [2.75, 3.05) is 0 Å². The molecule has 1 heteroatoms. The molecule has 0 aromatic heterocycles. The van der Waals surface area contributed by atoms with Crippen LogP contribution in [0.4, 0.5) is 0 Å². The van der Waals surface area contributed by atoms with Gasteiger partial charge >= 0.3 is 0 Å². The van der Waals surface area contributed by atoms with Crippen molar-refractivity contribution in [2.24, 2.45) is 23.7 Å². The third kappa shape index (κ3) is 8.17. The van der Waals surface area contributed by atoms with E-state index in [4.69, 9.17) is 0 Å². The Balaban J connectivity index is 1.61. The molecule has 0 aromatic carbocycles. The van der Waals surface area contributed by atoms with Gasteiger partial charge in [0.1, 0.15) is 6.10 Å². The normalized spacial score (nSPS) is 31.2. The number of aliphatic hydroxyl groups excluding tert-OH is 1. The van der Waals surface area contributed by atoms with Gasteiger partial charge in [-0.2, -0.15) is 0 Å². The highest BCUT2D eigenvalue weighted by Crippen LogP contribution is 2.34. The van der Waals surface area contributed by atoms with Crippen LogP contribution in [0, 0.1) is 35.5 Å². The SMILES string of the molecule is CCCCCC1CCC(C#CC(O)CC2CCC(CCC)CC2)CC1. The molecule has 0 amide bonds. The van der Waals surface area contributed by atoms with Gasteiger partial charge in [0.15, 0.2) is 0 Å². The summed E-state index contributed by atoms with van der Waals surface area (Å²) in [6, 6.07) is 0. The van der Waals surface area contributed by atoms with Gasteiger partial charge in [-0.05, 0) is 49.9 Å². The van der Waals surface area contributed by atoms with E-state index in [1.54, 1.807) is 0 Å². The van der Waals surface area contributed by atoms with Crippen LogP contribution in [-0.4, -0.2) is 11.2 Å². The van der Waals surface area contributed by atoms with Crippen LogP contribution >= 0.6 is 0 Å². The predicted molar refractivity (Wildman–Crippen MR) is 108 cm³/mol. The molecule has 0 aliphatic heterocycles. The maximum absolute atomic E-state index is 10.3. The van der Waals surface area contributed by atoms with Crippen molar-refractivity contribution in [3.05, 3.63) is 0 Å². The van der Waals surface area contributed by atoms with Crippen molar-refractivity contribution in [1.82, 2.24) is 0 Å². The molecule has 0 aromatic rings. The highest BCUT2D eigenvalue weighted by molar-refractivity contribution is 5.09. The van der Waals surface area contributed by atoms with E-state index in [0.29, 0.717) is 11.8 Å². The third-order valence-electron chi connectivity index (χ3n) is 6.74. The Kier molecular flexibility index (Phi) is 10.0. The van der Waals surface area contributed by atoms with Crippen LogP contribution in [-0.2, 0) is 0 Å². The number of aliphatic hydroxyl groups is 1. The lowest BCUT2D eigenvalue weighted by Gasteiger charge is -2.29. The van der Waals surface area contributed by atoms with Crippen molar-refractivity contribution in [2.45, 2.75) is 116 Å². The quantitative estimate of drug-likeness (QED) is 0.381. The summed E-state index contributed by atoms with van der Waals surface area (Å²) in [5, 5.41) is 10.3.